The van der Waals surface area contributed by atoms with Gasteiger partial charge in [0.1, 0.15) is 5.75 Å². The maximum Gasteiger partial charge on any atom is 0.257 e. The lowest BCUT2D eigenvalue weighted by Gasteiger charge is -2.29. The molecule has 2 heterocycles. The Kier molecular flexibility index (Phi) is 6.16. The molecule has 0 saturated carbocycles. The highest BCUT2D eigenvalue weighted by Crippen LogP contribution is 2.35. The average molecular weight is 412 g/mol. The Morgan fingerprint density at radius 2 is 1.83 bits per heavy atom. The lowest BCUT2D eigenvalue weighted by Crippen LogP contribution is -2.40. The minimum Gasteiger partial charge on any atom is -0.496 e. The maximum atomic E-state index is 13.2. The summed E-state index contributed by atoms with van der Waals surface area (Å²) in [7, 11) is 1.66. The van der Waals surface area contributed by atoms with Crippen molar-refractivity contribution < 1.29 is 9.53 Å². The number of rotatable bonds is 5. The zero-order chi connectivity index (χ0) is 20.2. The van der Waals surface area contributed by atoms with E-state index in [4.69, 9.17) is 21.4 Å². The highest BCUT2D eigenvalue weighted by molar-refractivity contribution is 6.30. The van der Waals surface area contributed by atoms with E-state index in [9.17, 15) is 4.79 Å². The van der Waals surface area contributed by atoms with Gasteiger partial charge in [0.15, 0.2) is 0 Å². The van der Waals surface area contributed by atoms with Gasteiger partial charge in [-0.15, -0.1) is 0 Å². The highest BCUT2D eigenvalue weighted by Gasteiger charge is 2.34. The van der Waals surface area contributed by atoms with Crippen molar-refractivity contribution in [1.82, 2.24) is 9.91 Å². The van der Waals surface area contributed by atoms with Gasteiger partial charge in [-0.25, -0.2) is 5.01 Å². The Balaban J connectivity index is 1.63. The Morgan fingerprint density at radius 1 is 1.10 bits per heavy atom. The number of amides is 1. The van der Waals surface area contributed by atoms with Crippen molar-refractivity contribution in [3.05, 3.63) is 64.7 Å². The van der Waals surface area contributed by atoms with Crippen LogP contribution < -0.4 is 4.74 Å². The number of piperidine rings is 1. The molecule has 2 aliphatic rings. The number of hydrazone groups is 1. The van der Waals surface area contributed by atoms with Gasteiger partial charge in [0, 0.05) is 17.0 Å². The van der Waals surface area contributed by atoms with E-state index in [2.05, 4.69) is 4.90 Å². The molecule has 1 amide bonds. The minimum absolute atomic E-state index is 0.0387. The number of ether oxygens (including phenoxy) is 1. The van der Waals surface area contributed by atoms with Gasteiger partial charge in [-0.1, -0.05) is 42.3 Å². The van der Waals surface area contributed by atoms with Crippen LogP contribution in [-0.4, -0.2) is 48.3 Å². The van der Waals surface area contributed by atoms with Crippen molar-refractivity contribution in [2.75, 3.05) is 26.7 Å². The molecule has 2 aliphatic heterocycles. The molecule has 0 aliphatic carbocycles. The second kappa shape index (κ2) is 8.97. The summed E-state index contributed by atoms with van der Waals surface area (Å²) >= 11 is 6.08. The Hall–Kier alpha value is -2.37. The van der Waals surface area contributed by atoms with Gasteiger partial charge in [-0.3, -0.25) is 9.69 Å². The predicted octanol–water partition coefficient (Wildman–Crippen LogP) is 4.51. The predicted molar refractivity (Wildman–Crippen MR) is 115 cm³/mol. The third kappa shape index (κ3) is 4.46. The molecule has 2 aromatic carbocycles. The topological polar surface area (TPSA) is 45.1 Å². The molecule has 1 unspecified atom stereocenters. The highest BCUT2D eigenvalue weighted by atomic mass is 35.5. The van der Waals surface area contributed by atoms with Crippen molar-refractivity contribution in [2.24, 2.45) is 5.10 Å². The molecule has 29 heavy (non-hydrogen) atoms. The number of hydrogen-bond donors (Lipinski definition) is 0. The molecule has 0 N–H and O–H groups in total. The first-order valence-corrected chi connectivity index (χ1v) is 10.5. The molecular formula is C23H26ClN3O2. The summed E-state index contributed by atoms with van der Waals surface area (Å²) in [5, 5.41) is 7.12. The van der Waals surface area contributed by atoms with E-state index in [0.717, 1.165) is 48.5 Å². The Bertz CT molecular complexity index is 891. The van der Waals surface area contributed by atoms with Gasteiger partial charge in [0.2, 0.25) is 0 Å². The fourth-order valence-corrected chi connectivity index (χ4v) is 4.24. The molecule has 0 spiro atoms. The van der Waals surface area contributed by atoms with Crippen LogP contribution in [0.3, 0.4) is 0 Å². The van der Waals surface area contributed by atoms with E-state index in [1.807, 2.05) is 48.5 Å². The molecular weight excluding hydrogens is 386 g/mol. The van der Waals surface area contributed by atoms with Gasteiger partial charge < -0.3 is 4.74 Å². The van der Waals surface area contributed by atoms with Gasteiger partial charge in [0.25, 0.3) is 5.91 Å². The molecule has 0 radical (unpaired) electrons. The number of benzene rings is 2. The third-order valence-corrected chi connectivity index (χ3v) is 5.90. The summed E-state index contributed by atoms with van der Waals surface area (Å²) in [5.74, 6) is 0.809. The Morgan fingerprint density at radius 3 is 2.55 bits per heavy atom. The average Bonchev–Trinajstić information content (AvgIpc) is 3.20. The standard InChI is InChI=1S/C23H26ClN3O2/c1-29-22-8-4-3-7-19(22)20-15-21(17-9-11-18(24)12-10-17)27(25-20)23(28)16-26-13-5-2-6-14-26/h3-4,7-12,21H,2,5-6,13-16H2,1H3. The van der Waals surface area contributed by atoms with Crippen molar-refractivity contribution in [2.45, 2.75) is 31.7 Å². The van der Waals surface area contributed by atoms with E-state index < -0.39 is 0 Å². The van der Waals surface area contributed by atoms with Crippen LogP contribution in [0.25, 0.3) is 0 Å². The summed E-state index contributed by atoms with van der Waals surface area (Å²) < 4.78 is 5.52. The second-order valence-corrected chi connectivity index (χ2v) is 8.03. The van der Waals surface area contributed by atoms with Crippen LogP contribution in [0.4, 0.5) is 0 Å². The number of methoxy groups -OCH3 is 1. The summed E-state index contributed by atoms with van der Waals surface area (Å²) in [6.45, 7) is 2.37. The maximum absolute atomic E-state index is 13.2. The van der Waals surface area contributed by atoms with E-state index in [1.165, 1.54) is 6.42 Å². The number of likely N-dealkylation sites (tertiary alicyclic amines) is 1. The molecule has 1 saturated heterocycles. The fraction of sp³-hybridized carbons (Fsp3) is 0.391. The zero-order valence-electron chi connectivity index (χ0n) is 16.7. The summed E-state index contributed by atoms with van der Waals surface area (Å²) in [6.07, 6.45) is 4.21. The van der Waals surface area contributed by atoms with Crippen LogP contribution >= 0.6 is 11.6 Å². The quantitative estimate of drug-likeness (QED) is 0.727. The normalized spacial score (nSPS) is 19.9. The van der Waals surface area contributed by atoms with Gasteiger partial charge >= 0.3 is 0 Å². The first-order valence-electron chi connectivity index (χ1n) is 10.2. The molecule has 1 atom stereocenters. The van der Waals surface area contributed by atoms with Crippen LogP contribution in [0.2, 0.25) is 5.02 Å². The summed E-state index contributed by atoms with van der Waals surface area (Å²) in [5.41, 5.74) is 2.84. The minimum atomic E-state index is -0.135. The van der Waals surface area contributed by atoms with Crippen molar-refractivity contribution in [1.29, 1.82) is 0 Å². The van der Waals surface area contributed by atoms with Gasteiger partial charge in [-0.2, -0.15) is 5.10 Å². The van der Waals surface area contributed by atoms with E-state index >= 15 is 0 Å². The van der Waals surface area contributed by atoms with Crippen LogP contribution in [0.5, 0.6) is 5.75 Å². The summed E-state index contributed by atoms with van der Waals surface area (Å²) in [4.78, 5) is 15.5. The molecule has 0 aromatic heterocycles. The van der Waals surface area contributed by atoms with Crippen LogP contribution in [0.1, 0.15) is 42.9 Å². The summed E-state index contributed by atoms with van der Waals surface area (Å²) in [6, 6.07) is 15.4. The van der Waals surface area contributed by atoms with Gasteiger partial charge in [-0.05, 0) is 55.8 Å². The largest absolute Gasteiger partial charge is 0.496 e. The lowest BCUT2D eigenvalue weighted by molar-refractivity contribution is -0.134. The van der Waals surface area contributed by atoms with Crippen molar-refractivity contribution >= 4 is 23.2 Å². The second-order valence-electron chi connectivity index (χ2n) is 7.59. The smallest absolute Gasteiger partial charge is 0.257 e. The Labute approximate surface area is 176 Å². The van der Waals surface area contributed by atoms with Crippen molar-refractivity contribution in [3.63, 3.8) is 0 Å². The number of para-hydroxylation sites is 1. The molecule has 6 heteroatoms. The molecule has 4 rings (SSSR count). The van der Waals surface area contributed by atoms with Crippen molar-refractivity contribution in [3.8, 4) is 5.75 Å². The SMILES string of the molecule is COc1ccccc1C1=NN(C(=O)CN2CCCCC2)C(c2ccc(Cl)cc2)C1. The molecule has 152 valence electrons. The first kappa shape index (κ1) is 19.9. The number of carbonyl (C=O) groups excluding carboxylic acids is 1. The van der Waals surface area contributed by atoms with Crippen LogP contribution in [-0.2, 0) is 4.79 Å². The third-order valence-electron chi connectivity index (χ3n) is 5.65. The van der Waals surface area contributed by atoms with E-state index in [0.29, 0.717) is 18.0 Å². The molecule has 5 nitrogen and oxygen atoms in total. The van der Waals surface area contributed by atoms with E-state index in [-0.39, 0.29) is 11.9 Å². The molecule has 2 aromatic rings. The molecule has 1 fully saturated rings. The zero-order valence-corrected chi connectivity index (χ0v) is 17.4. The monoisotopic (exact) mass is 411 g/mol. The lowest BCUT2D eigenvalue weighted by atomic mass is 9.98. The molecule has 0 bridgehead atoms. The number of carbonyl (C=O) groups is 1. The number of nitrogens with zero attached hydrogens (tertiary/aromatic N) is 3. The van der Waals surface area contributed by atoms with Gasteiger partial charge in [0.05, 0.1) is 25.4 Å². The fourth-order valence-electron chi connectivity index (χ4n) is 4.11. The first-order chi connectivity index (χ1) is 14.2. The van der Waals surface area contributed by atoms with Crippen LogP contribution in [0.15, 0.2) is 53.6 Å². The van der Waals surface area contributed by atoms with E-state index in [1.54, 1.807) is 12.1 Å². The number of hydrogen-bond acceptors (Lipinski definition) is 4. The van der Waals surface area contributed by atoms with Crippen LogP contribution in [0, 0.1) is 0 Å². The number of halogens is 1.